The number of carbonyl (C=O) groups is 2. The Morgan fingerprint density at radius 2 is 0.982 bits per heavy atom. The van der Waals surface area contributed by atoms with Gasteiger partial charge in [0, 0.05) is 19.4 Å². The highest BCUT2D eigenvalue weighted by Crippen LogP contribution is 2.42. The number of unbranched alkanes of at least 4 members (excludes halogenated alkanes) is 17. The van der Waals surface area contributed by atoms with Crippen LogP contribution in [0.1, 0.15) is 181 Å². The number of aliphatic hydroxyl groups excluding tert-OH is 1. The van der Waals surface area contributed by atoms with Gasteiger partial charge in [0.05, 0.1) is 13.2 Å². The van der Waals surface area contributed by atoms with Gasteiger partial charge in [-0.25, -0.2) is 4.57 Å². The average Bonchev–Trinajstić information content (AvgIpc) is 3.17. The third kappa shape index (κ3) is 42.7. The van der Waals surface area contributed by atoms with Gasteiger partial charge >= 0.3 is 13.8 Å². The van der Waals surface area contributed by atoms with Gasteiger partial charge in [0.15, 0.2) is 0 Å². The molecule has 0 aromatic rings. The first-order chi connectivity index (χ1) is 26.8. The molecule has 2 unspecified atom stereocenters. The number of hydrogen-bond donors (Lipinski definition) is 3. The summed E-state index contributed by atoms with van der Waals surface area (Å²) in [6.45, 7) is 3.46. The van der Waals surface area contributed by atoms with Crippen LogP contribution in [0.5, 0.6) is 0 Å². The predicted octanol–water partition coefficient (Wildman–Crippen LogP) is 12.1. The quantitative estimate of drug-likeness (QED) is 0.0242. The maximum Gasteiger partial charge on any atom is 0.472 e. The number of rotatable bonds is 40. The van der Waals surface area contributed by atoms with E-state index in [-0.39, 0.29) is 32.1 Å². The van der Waals surface area contributed by atoms with Crippen molar-refractivity contribution >= 4 is 19.7 Å². The van der Waals surface area contributed by atoms with Crippen molar-refractivity contribution in [2.24, 2.45) is 0 Å². The number of nitrogens with one attached hydrogen (secondary N) is 1. The van der Waals surface area contributed by atoms with E-state index in [9.17, 15) is 24.2 Å². The second kappa shape index (κ2) is 41.3. The number of phosphoric ester groups is 1. The third-order valence-corrected chi connectivity index (χ3v) is 9.90. The zero-order valence-electron chi connectivity index (χ0n) is 34.9. The van der Waals surface area contributed by atoms with Crippen LogP contribution in [-0.4, -0.2) is 54.3 Å². The van der Waals surface area contributed by atoms with Gasteiger partial charge in [0.25, 0.3) is 0 Å². The summed E-state index contributed by atoms with van der Waals surface area (Å²) in [4.78, 5) is 33.9. The zero-order valence-corrected chi connectivity index (χ0v) is 35.7. The third-order valence-electron chi connectivity index (χ3n) is 8.92. The number of aliphatic hydroxyl groups is 1. The van der Waals surface area contributed by atoms with Gasteiger partial charge in [-0.05, 0) is 83.5 Å². The fourth-order valence-corrected chi connectivity index (χ4v) is 6.35. The minimum absolute atomic E-state index is 0.0700. The number of esters is 1. The molecule has 3 N–H and O–H groups in total. The van der Waals surface area contributed by atoms with Crippen LogP contribution in [0.3, 0.4) is 0 Å². The van der Waals surface area contributed by atoms with E-state index in [1.165, 1.54) is 64.2 Å². The minimum atomic E-state index is -4.43. The normalized spacial score (nSPS) is 13.9. The van der Waals surface area contributed by atoms with Gasteiger partial charge in [-0.2, -0.15) is 0 Å². The van der Waals surface area contributed by atoms with Gasteiger partial charge in [-0.1, -0.05) is 145 Å². The van der Waals surface area contributed by atoms with Crippen molar-refractivity contribution in [1.82, 2.24) is 5.32 Å². The standard InChI is InChI=1S/C45H80NO8P/c1-3-5-7-9-11-13-15-17-19-20-21-22-24-25-27-29-31-33-35-37-44(48)46-39-40-53-55(50,51)54-42-43(47)41-52-45(49)38-36-34-32-30-28-26-23-18-16-14-12-10-8-6-4-2/h11-14,17-19,21-23,43,47H,3-10,15-16,20,24-42H2,1-2H3,(H,46,48)(H,50,51)/b13-11-,14-12-,19-17-,22-21-,23-18-. The van der Waals surface area contributed by atoms with E-state index >= 15 is 0 Å². The van der Waals surface area contributed by atoms with E-state index in [4.69, 9.17) is 13.8 Å². The van der Waals surface area contributed by atoms with Crippen LogP contribution < -0.4 is 5.32 Å². The topological polar surface area (TPSA) is 131 Å². The smallest absolute Gasteiger partial charge is 0.463 e. The van der Waals surface area contributed by atoms with Crippen LogP contribution in [0, 0.1) is 0 Å². The van der Waals surface area contributed by atoms with Gasteiger partial charge in [-0.3, -0.25) is 18.6 Å². The lowest BCUT2D eigenvalue weighted by Gasteiger charge is -2.15. The van der Waals surface area contributed by atoms with Crippen LogP contribution >= 0.6 is 7.82 Å². The summed E-state index contributed by atoms with van der Waals surface area (Å²) in [5, 5.41) is 12.7. The molecule has 0 rings (SSSR count). The largest absolute Gasteiger partial charge is 0.472 e. The Labute approximate surface area is 336 Å². The molecule has 318 valence electrons. The number of amides is 1. The molecular formula is C45H80NO8P. The lowest BCUT2D eigenvalue weighted by atomic mass is 10.1. The van der Waals surface area contributed by atoms with Gasteiger partial charge < -0.3 is 20.1 Å². The molecule has 0 radical (unpaired) electrons. The molecule has 0 aliphatic carbocycles. The number of allylic oxidation sites excluding steroid dienone is 10. The molecule has 0 saturated carbocycles. The van der Waals surface area contributed by atoms with Gasteiger partial charge in [0.1, 0.15) is 12.7 Å². The monoisotopic (exact) mass is 794 g/mol. The van der Waals surface area contributed by atoms with Gasteiger partial charge in [0.2, 0.25) is 5.91 Å². The number of carbonyl (C=O) groups excluding carboxylic acids is 2. The van der Waals surface area contributed by atoms with Crippen LogP contribution in [0.25, 0.3) is 0 Å². The maximum atomic E-state index is 12.1. The molecule has 1 amide bonds. The molecule has 0 heterocycles. The molecule has 10 heteroatoms. The Balaban J connectivity index is 3.65. The lowest BCUT2D eigenvalue weighted by molar-refractivity contribution is -0.147. The van der Waals surface area contributed by atoms with E-state index < -0.39 is 26.5 Å². The summed E-state index contributed by atoms with van der Waals surface area (Å²) < 4.78 is 26.8. The van der Waals surface area contributed by atoms with E-state index in [1.54, 1.807) is 0 Å². The summed E-state index contributed by atoms with van der Waals surface area (Å²) >= 11 is 0. The summed E-state index contributed by atoms with van der Waals surface area (Å²) in [6.07, 6.45) is 48.6. The predicted molar refractivity (Wildman–Crippen MR) is 229 cm³/mol. The zero-order chi connectivity index (χ0) is 40.3. The fraction of sp³-hybridized carbons (Fsp3) is 0.733. The minimum Gasteiger partial charge on any atom is -0.463 e. The highest BCUT2D eigenvalue weighted by molar-refractivity contribution is 7.47. The molecule has 0 aliphatic heterocycles. The van der Waals surface area contributed by atoms with Crippen molar-refractivity contribution in [3.63, 3.8) is 0 Å². The van der Waals surface area contributed by atoms with E-state index in [0.29, 0.717) is 6.42 Å². The SMILES string of the molecule is CCCCC/C=C\C/C=C\C/C=C\CCCCCCCCC(=O)NCCOP(=O)(O)OCC(O)COC(=O)CCCCCCC/C=C\C/C=C\CCCCC. The molecule has 0 spiro atoms. The van der Waals surface area contributed by atoms with E-state index in [0.717, 1.165) is 89.9 Å². The van der Waals surface area contributed by atoms with Crippen molar-refractivity contribution in [1.29, 1.82) is 0 Å². The molecule has 9 nitrogen and oxygen atoms in total. The first-order valence-electron chi connectivity index (χ1n) is 21.8. The van der Waals surface area contributed by atoms with Crippen molar-refractivity contribution in [3.05, 3.63) is 60.8 Å². The lowest BCUT2D eigenvalue weighted by Crippen LogP contribution is -2.27. The molecule has 0 aromatic heterocycles. The first kappa shape index (κ1) is 52.7. The second-order valence-electron chi connectivity index (χ2n) is 14.3. The first-order valence-corrected chi connectivity index (χ1v) is 23.3. The number of hydrogen-bond acceptors (Lipinski definition) is 7. The van der Waals surface area contributed by atoms with E-state index in [1.807, 2.05) is 0 Å². The Kier molecular flexibility index (Phi) is 39.6. The Hall–Kier alpha value is -2.29. The van der Waals surface area contributed by atoms with Crippen LogP contribution in [0.15, 0.2) is 60.8 Å². The van der Waals surface area contributed by atoms with Crippen LogP contribution in [0.4, 0.5) is 0 Å². The summed E-state index contributed by atoms with van der Waals surface area (Å²) in [6, 6.07) is 0. The molecule has 55 heavy (non-hydrogen) atoms. The molecule has 0 aliphatic rings. The summed E-state index contributed by atoms with van der Waals surface area (Å²) in [7, 11) is -4.43. The molecule has 2 atom stereocenters. The fourth-order valence-electron chi connectivity index (χ4n) is 5.59. The number of phosphoric acid groups is 1. The highest BCUT2D eigenvalue weighted by atomic mass is 31.2. The summed E-state index contributed by atoms with van der Waals surface area (Å²) in [5.41, 5.74) is 0. The van der Waals surface area contributed by atoms with Crippen molar-refractivity contribution in [2.75, 3.05) is 26.4 Å². The average molecular weight is 794 g/mol. The van der Waals surface area contributed by atoms with E-state index in [2.05, 4.69) is 79.9 Å². The van der Waals surface area contributed by atoms with Crippen molar-refractivity contribution < 1.29 is 37.9 Å². The van der Waals surface area contributed by atoms with Gasteiger partial charge in [-0.15, -0.1) is 0 Å². The maximum absolute atomic E-state index is 12.1. The molecule has 0 bridgehead atoms. The van der Waals surface area contributed by atoms with Crippen LogP contribution in [0.2, 0.25) is 0 Å². The highest BCUT2D eigenvalue weighted by Gasteiger charge is 2.23. The molecule has 0 aromatic carbocycles. The van der Waals surface area contributed by atoms with Crippen molar-refractivity contribution in [3.8, 4) is 0 Å². The Bertz CT molecular complexity index is 1090. The molecule has 0 fully saturated rings. The number of ether oxygens (including phenoxy) is 1. The second-order valence-corrected chi connectivity index (χ2v) is 15.8. The van der Waals surface area contributed by atoms with Crippen LogP contribution in [-0.2, 0) is 27.9 Å². The van der Waals surface area contributed by atoms with Crippen molar-refractivity contribution in [2.45, 2.75) is 187 Å². The summed E-state index contributed by atoms with van der Waals surface area (Å²) in [5.74, 6) is -0.546. The Morgan fingerprint density at radius 3 is 1.47 bits per heavy atom. The Morgan fingerprint density at radius 1 is 0.564 bits per heavy atom. The molecular weight excluding hydrogens is 713 g/mol. The molecule has 0 saturated heterocycles.